The smallest absolute Gasteiger partial charge is 0.305 e. The lowest BCUT2D eigenvalue weighted by atomic mass is 9.99. The lowest BCUT2D eigenvalue weighted by Gasteiger charge is -2.18. The van der Waals surface area contributed by atoms with Gasteiger partial charge >= 0.3 is 5.97 Å². The van der Waals surface area contributed by atoms with Crippen molar-refractivity contribution in [1.29, 1.82) is 0 Å². The van der Waals surface area contributed by atoms with Crippen LogP contribution >= 0.6 is 0 Å². The number of esters is 1. The van der Waals surface area contributed by atoms with E-state index < -0.39 is 0 Å². The van der Waals surface area contributed by atoms with Crippen LogP contribution in [0.5, 0.6) is 0 Å². The third-order valence-electron chi connectivity index (χ3n) is 3.64. The van der Waals surface area contributed by atoms with E-state index in [4.69, 9.17) is 4.74 Å². The molecule has 2 nitrogen and oxygen atoms in total. The van der Waals surface area contributed by atoms with Crippen LogP contribution in [0.4, 0.5) is 0 Å². The fourth-order valence-electron chi connectivity index (χ4n) is 2.51. The predicted octanol–water partition coefficient (Wildman–Crippen LogP) is 4.61. The number of hydrogen-bond donors (Lipinski definition) is 0. The summed E-state index contributed by atoms with van der Waals surface area (Å²) in [6, 6.07) is 0. The Morgan fingerprint density at radius 2 is 1.29 bits per heavy atom. The molecule has 0 aromatic carbocycles. The Morgan fingerprint density at radius 1 is 0.882 bits per heavy atom. The Balaban J connectivity index is 2.29. The molecule has 2 heteroatoms. The van der Waals surface area contributed by atoms with Gasteiger partial charge in [-0.3, -0.25) is 4.79 Å². The van der Waals surface area contributed by atoms with Gasteiger partial charge in [-0.15, -0.1) is 0 Å². The number of ether oxygens (including phenoxy) is 1. The first-order chi connectivity index (χ1) is 8.33. The van der Waals surface area contributed by atoms with E-state index in [0.29, 0.717) is 6.42 Å². The van der Waals surface area contributed by atoms with E-state index >= 15 is 0 Å². The molecule has 1 saturated carbocycles. The quantitative estimate of drug-likeness (QED) is 0.659. The fourth-order valence-corrected chi connectivity index (χ4v) is 2.51. The fraction of sp³-hybridized carbons (Fsp3) is 0.933. The summed E-state index contributed by atoms with van der Waals surface area (Å²) in [6.45, 7) is 1.87. The van der Waals surface area contributed by atoms with Crippen LogP contribution in [0.3, 0.4) is 0 Å². The summed E-state index contributed by atoms with van der Waals surface area (Å²) in [5.41, 5.74) is 0. The van der Waals surface area contributed by atoms with Gasteiger partial charge in [-0.1, -0.05) is 51.9 Å². The zero-order chi connectivity index (χ0) is 12.3. The van der Waals surface area contributed by atoms with Gasteiger partial charge in [0.05, 0.1) is 0 Å². The molecule has 0 N–H and O–H groups in total. The molecule has 17 heavy (non-hydrogen) atoms. The minimum atomic E-state index is -0.0258. The molecule has 0 radical (unpaired) electrons. The Kier molecular flexibility index (Phi) is 8.12. The van der Waals surface area contributed by atoms with Crippen LogP contribution in [0.15, 0.2) is 0 Å². The van der Waals surface area contributed by atoms with E-state index in [1.807, 2.05) is 6.92 Å². The maximum atomic E-state index is 11.3. The second kappa shape index (κ2) is 9.49. The van der Waals surface area contributed by atoms with Gasteiger partial charge in [-0.25, -0.2) is 0 Å². The molecule has 0 saturated heterocycles. The first-order valence-electron chi connectivity index (χ1n) is 7.52. The molecule has 0 bridgehead atoms. The van der Waals surface area contributed by atoms with Crippen molar-refractivity contribution < 1.29 is 9.53 Å². The topological polar surface area (TPSA) is 26.3 Å². The van der Waals surface area contributed by atoms with Crippen LogP contribution in [0.2, 0.25) is 0 Å². The van der Waals surface area contributed by atoms with Crippen molar-refractivity contribution in [2.75, 3.05) is 0 Å². The van der Waals surface area contributed by atoms with Gasteiger partial charge in [0.2, 0.25) is 0 Å². The Hall–Kier alpha value is -0.530. The van der Waals surface area contributed by atoms with Gasteiger partial charge in [0.1, 0.15) is 6.10 Å². The van der Waals surface area contributed by atoms with Gasteiger partial charge in [-0.05, 0) is 25.7 Å². The Labute approximate surface area is 106 Å². The van der Waals surface area contributed by atoms with Crippen molar-refractivity contribution in [3.8, 4) is 0 Å². The molecule has 0 atom stereocenters. The monoisotopic (exact) mass is 240 g/mol. The molecule has 0 heterocycles. The molecule has 0 aromatic heterocycles. The molecule has 0 unspecified atom stereocenters. The van der Waals surface area contributed by atoms with Crippen molar-refractivity contribution in [2.24, 2.45) is 0 Å². The number of rotatable bonds is 2. The molecule has 1 aliphatic rings. The Morgan fingerprint density at radius 3 is 1.71 bits per heavy atom. The average molecular weight is 240 g/mol. The summed E-state index contributed by atoms with van der Waals surface area (Å²) in [5.74, 6) is -0.0258. The first-order valence-corrected chi connectivity index (χ1v) is 7.52. The highest BCUT2D eigenvalue weighted by molar-refractivity contribution is 5.69. The van der Waals surface area contributed by atoms with Crippen LogP contribution in [0.25, 0.3) is 0 Å². The van der Waals surface area contributed by atoms with Crippen LogP contribution in [0, 0.1) is 0 Å². The third kappa shape index (κ3) is 7.40. The second-order valence-corrected chi connectivity index (χ2v) is 5.22. The van der Waals surface area contributed by atoms with E-state index in [1.54, 1.807) is 0 Å². The Bertz CT molecular complexity index is 189. The number of carbonyl (C=O) groups is 1. The van der Waals surface area contributed by atoms with Crippen LogP contribution in [-0.4, -0.2) is 12.1 Å². The minimum absolute atomic E-state index is 0.0258. The van der Waals surface area contributed by atoms with E-state index in [-0.39, 0.29) is 12.1 Å². The van der Waals surface area contributed by atoms with E-state index in [1.165, 1.54) is 57.8 Å². The first kappa shape index (κ1) is 14.5. The highest BCUT2D eigenvalue weighted by atomic mass is 16.5. The van der Waals surface area contributed by atoms with E-state index in [0.717, 1.165) is 12.8 Å². The average Bonchev–Trinajstić information content (AvgIpc) is 2.32. The molecule has 1 aliphatic carbocycles. The molecule has 100 valence electrons. The highest BCUT2D eigenvalue weighted by Gasteiger charge is 2.13. The van der Waals surface area contributed by atoms with Crippen molar-refractivity contribution >= 4 is 5.97 Å². The summed E-state index contributed by atoms with van der Waals surface area (Å²) < 4.78 is 5.51. The summed E-state index contributed by atoms with van der Waals surface area (Å²) >= 11 is 0. The van der Waals surface area contributed by atoms with E-state index in [2.05, 4.69) is 0 Å². The van der Waals surface area contributed by atoms with Crippen molar-refractivity contribution in [2.45, 2.75) is 90.1 Å². The predicted molar refractivity (Wildman–Crippen MR) is 71.0 cm³/mol. The summed E-state index contributed by atoms with van der Waals surface area (Å²) in [7, 11) is 0. The zero-order valence-electron chi connectivity index (χ0n) is 11.4. The van der Waals surface area contributed by atoms with Gasteiger partial charge < -0.3 is 4.74 Å². The molecular formula is C15H28O2. The molecule has 1 fully saturated rings. The maximum Gasteiger partial charge on any atom is 0.305 e. The number of hydrogen-bond acceptors (Lipinski definition) is 2. The van der Waals surface area contributed by atoms with Crippen molar-refractivity contribution in [1.82, 2.24) is 0 Å². The minimum Gasteiger partial charge on any atom is -0.462 e. The lowest BCUT2D eigenvalue weighted by molar-refractivity contribution is -0.149. The molecule has 0 spiro atoms. The van der Waals surface area contributed by atoms with Crippen molar-refractivity contribution in [3.63, 3.8) is 0 Å². The van der Waals surface area contributed by atoms with E-state index in [9.17, 15) is 4.79 Å². The second-order valence-electron chi connectivity index (χ2n) is 5.22. The molecular weight excluding hydrogens is 212 g/mol. The normalized spacial score (nSPS) is 21.2. The summed E-state index contributed by atoms with van der Waals surface area (Å²) in [4.78, 5) is 11.3. The summed E-state index contributed by atoms with van der Waals surface area (Å²) in [5, 5.41) is 0. The third-order valence-corrected chi connectivity index (χ3v) is 3.64. The van der Waals surface area contributed by atoms with Gasteiger partial charge in [0.15, 0.2) is 0 Å². The van der Waals surface area contributed by atoms with Gasteiger partial charge in [-0.2, -0.15) is 0 Å². The molecule has 0 aromatic rings. The van der Waals surface area contributed by atoms with Crippen LogP contribution in [0.1, 0.15) is 84.0 Å². The standard InChI is InChI=1S/C15H28O2/c1-2-15(16)17-14-12-10-8-6-4-3-5-7-9-11-13-14/h14H,2-13H2,1H3. The number of carbonyl (C=O) groups excluding carboxylic acids is 1. The van der Waals surface area contributed by atoms with Crippen LogP contribution in [-0.2, 0) is 9.53 Å². The lowest BCUT2D eigenvalue weighted by Crippen LogP contribution is -2.17. The summed E-state index contributed by atoms with van der Waals surface area (Å²) in [6.07, 6.45) is 14.8. The highest BCUT2D eigenvalue weighted by Crippen LogP contribution is 2.19. The molecule has 0 aliphatic heterocycles. The van der Waals surface area contributed by atoms with Crippen LogP contribution < -0.4 is 0 Å². The maximum absolute atomic E-state index is 11.3. The van der Waals surface area contributed by atoms with Gasteiger partial charge in [0, 0.05) is 6.42 Å². The largest absolute Gasteiger partial charge is 0.462 e. The van der Waals surface area contributed by atoms with Gasteiger partial charge in [0.25, 0.3) is 0 Å². The SMILES string of the molecule is CCC(=O)OC1CCCCCCCCCCC1. The van der Waals surface area contributed by atoms with Crippen molar-refractivity contribution in [3.05, 3.63) is 0 Å². The zero-order valence-corrected chi connectivity index (χ0v) is 11.4. The molecule has 1 rings (SSSR count). The molecule has 0 amide bonds.